The largest absolute Gasteiger partial charge is 0.380 e. The predicted molar refractivity (Wildman–Crippen MR) is 76.8 cm³/mol. The van der Waals surface area contributed by atoms with Crippen molar-refractivity contribution < 1.29 is 13.2 Å². The van der Waals surface area contributed by atoms with Crippen molar-refractivity contribution in [1.29, 1.82) is 0 Å². The molecule has 0 bridgehead atoms. The lowest BCUT2D eigenvalue weighted by Crippen LogP contribution is -2.34. The fourth-order valence-corrected chi connectivity index (χ4v) is 4.75. The Bertz CT molecular complexity index is 698. The molecule has 0 aromatic carbocycles. The zero-order chi connectivity index (χ0) is 14.2. The first-order chi connectivity index (χ1) is 9.64. The lowest BCUT2D eigenvalue weighted by molar-refractivity contribution is 0.148. The van der Waals surface area contributed by atoms with Crippen molar-refractivity contribution in [2.24, 2.45) is 0 Å². The summed E-state index contributed by atoms with van der Waals surface area (Å²) in [5.74, 6) is 0.391. The number of ether oxygens (including phenoxy) is 1. The summed E-state index contributed by atoms with van der Waals surface area (Å²) in [6.45, 7) is 1.89. The summed E-state index contributed by atoms with van der Waals surface area (Å²) >= 11 is 1.41. The molecule has 1 aliphatic heterocycles. The van der Waals surface area contributed by atoms with Crippen molar-refractivity contribution in [3.63, 3.8) is 0 Å². The van der Waals surface area contributed by atoms with Crippen LogP contribution in [0.5, 0.6) is 0 Å². The molecule has 0 aliphatic carbocycles. The van der Waals surface area contributed by atoms with Crippen molar-refractivity contribution in [3.05, 3.63) is 11.6 Å². The van der Waals surface area contributed by atoms with E-state index in [0.29, 0.717) is 43.5 Å². The highest BCUT2D eigenvalue weighted by molar-refractivity contribution is 7.89. The molecule has 0 radical (unpaired) electrons. The van der Waals surface area contributed by atoms with Gasteiger partial charge in [-0.25, -0.2) is 13.4 Å². The highest BCUT2D eigenvalue weighted by atomic mass is 32.2. The van der Waals surface area contributed by atoms with Crippen LogP contribution in [0.25, 0.3) is 4.96 Å². The number of anilines is 1. The fraction of sp³-hybridized carbons (Fsp3) is 0.545. The van der Waals surface area contributed by atoms with Crippen LogP contribution < -0.4 is 5.32 Å². The molecule has 0 unspecified atom stereocenters. The van der Waals surface area contributed by atoms with Gasteiger partial charge in [0.25, 0.3) is 10.0 Å². The van der Waals surface area contributed by atoms with E-state index in [1.165, 1.54) is 15.6 Å². The standard InChI is InChI=1S/C11H16N4O3S2/c1-12-9-10(15-5-8-19-11(15)13-9)20(16,17)14-3-2-6-18-7-4-14/h5,8,12H,2-4,6-7H2,1H3. The molecule has 20 heavy (non-hydrogen) atoms. The molecule has 3 rings (SSSR count). The van der Waals surface area contributed by atoms with Gasteiger partial charge in [-0.15, -0.1) is 11.3 Å². The lowest BCUT2D eigenvalue weighted by Gasteiger charge is -2.19. The van der Waals surface area contributed by atoms with Crippen molar-refractivity contribution in [3.8, 4) is 0 Å². The van der Waals surface area contributed by atoms with E-state index in [9.17, 15) is 8.42 Å². The Labute approximate surface area is 121 Å². The Morgan fingerprint density at radius 2 is 2.25 bits per heavy atom. The summed E-state index contributed by atoms with van der Waals surface area (Å²) < 4.78 is 34.2. The van der Waals surface area contributed by atoms with E-state index >= 15 is 0 Å². The van der Waals surface area contributed by atoms with Crippen LogP contribution in [0, 0.1) is 0 Å². The number of rotatable bonds is 3. The molecule has 3 heterocycles. The van der Waals surface area contributed by atoms with Crippen LogP contribution >= 0.6 is 11.3 Å². The Kier molecular flexibility index (Phi) is 3.67. The van der Waals surface area contributed by atoms with Gasteiger partial charge in [0.1, 0.15) is 0 Å². The minimum Gasteiger partial charge on any atom is -0.380 e. The molecule has 7 nitrogen and oxygen atoms in total. The number of thiazole rings is 1. The third-order valence-electron chi connectivity index (χ3n) is 3.22. The molecule has 0 spiro atoms. The highest BCUT2D eigenvalue weighted by Crippen LogP contribution is 2.28. The fourth-order valence-electron chi connectivity index (χ4n) is 2.26. The summed E-state index contributed by atoms with van der Waals surface area (Å²) in [6.07, 6.45) is 2.44. The van der Waals surface area contributed by atoms with E-state index in [1.807, 2.05) is 5.38 Å². The number of hydrogen-bond acceptors (Lipinski definition) is 6. The van der Waals surface area contributed by atoms with Gasteiger partial charge in [-0.3, -0.25) is 4.40 Å². The Hall–Kier alpha value is -1.16. The van der Waals surface area contributed by atoms with Crippen molar-refractivity contribution in [2.45, 2.75) is 11.4 Å². The van der Waals surface area contributed by atoms with E-state index in [-0.39, 0.29) is 5.03 Å². The van der Waals surface area contributed by atoms with Crippen LogP contribution in [0.15, 0.2) is 16.6 Å². The van der Waals surface area contributed by atoms with E-state index in [1.54, 1.807) is 17.6 Å². The first-order valence-corrected chi connectivity index (χ1v) is 8.68. The lowest BCUT2D eigenvalue weighted by atomic mass is 10.5. The molecule has 110 valence electrons. The summed E-state index contributed by atoms with van der Waals surface area (Å²) in [5.41, 5.74) is 0. The normalized spacial score (nSPS) is 18.2. The van der Waals surface area contributed by atoms with Gasteiger partial charge in [-0.1, -0.05) is 0 Å². The third kappa shape index (κ3) is 2.20. The number of fused-ring (bicyclic) bond motifs is 1. The number of sulfonamides is 1. The maximum atomic E-state index is 12.9. The molecule has 0 atom stereocenters. The van der Waals surface area contributed by atoms with Crippen LogP contribution in [0.1, 0.15) is 6.42 Å². The summed E-state index contributed by atoms with van der Waals surface area (Å²) in [7, 11) is -1.91. The molecule has 2 aromatic rings. The van der Waals surface area contributed by atoms with E-state index in [0.717, 1.165) is 0 Å². The number of hydrogen-bond donors (Lipinski definition) is 1. The van der Waals surface area contributed by atoms with E-state index in [2.05, 4.69) is 10.3 Å². The molecule has 1 aliphatic rings. The highest BCUT2D eigenvalue weighted by Gasteiger charge is 2.32. The minimum atomic E-state index is -3.58. The van der Waals surface area contributed by atoms with Gasteiger partial charge in [0.2, 0.25) is 0 Å². The van der Waals surface area contributed by atoms with E-state index in [4.69, 9.17) is 4.74 Å². The first-order valence-electron chi connectivity index (χ1n) is 6.36. The van der Waals surface area contributed by atoms with Gasteiger partial charge < -0.3 is 10.1 Å². The topological polar surface area (TPSA) is 75.9 Å². The van der Waals surface area contributed by atoms with Crippen molar-refractivity contribution in [2.75, 3.05) is 38.7 Å². The van der Waals surface area contributed by atoms with Gasteiger partial charge in [-0.05, 0) is 6.42 Å². The number of imidazole rings is 1. The van der Waals surface area contributed by atoms with Crippen LogP contribution in [0.2, 0.25) is 0 Å². The van der Waals surface area contributed by atoms with Gasteiger partial charge in [0.05, 0.1) is 6.61 Å². The van der Waals surface area contributed by atoms with Crippen molar-refractivity contribution >= 4 is 32.1 Å². The predicted octanol–water partition coefficient (Wildman–Crippen LogP) is 0.849. The second-order valence-corrected chi connectivity index (χ2v) is 7.17. The Morgan fingerprint density at radius 3 is 3.05 bits per heavy atom. The van der Waals surface area contributed by atoms with Gasteiger partial charge in [-0.2, -0.15) is 4.31 Å². The SMILES string of the molecule is CNc1nc2sccn2c1S(=O)(=O)N1CCCOCC1. The molecule has 0 amide bonds. The number of aromatic nitrogens is 2. The average Bonchev–Trinajstić information content (AvgIpc) is 2.87. The van der Waals surface area contributed by atoms with Crippen LogP contribution in [0.3, 0.4) is 0 Å². The Balaban J connectivity index is 2.09. The molecular weight excluding hydrogens is 300 g/mol. The third-order valence-corrected chi connectivity index (χ3v) is 5.90. The first kappa shape index (κ1) is 13.8. The van der Waals surface area contributed by atoms with Crippen molar-refractivity contribution in [1.82, 2.24) is 13.7 Å². The zero-order valence-corrected chi connectivity index (χ0v) is 12.7. The number of nitrogens with zero attached hydrogens (tertiary/aromatic N) is 3. The van der Waals surface area contributed by atoms with Gasteiger partial charge in [0.15, 0.2) is 15.8 Å². The van der Waals surface area contributed by atoms with Crippen LogP contribution in [0.4, 0.5) is 5.82 Å². The van der Waals surface area contributed by atoms with Crippen LogP contribution in [-0.4, -0.2) is 55.5 Å². The average molecular weight is 316 g/mol. The second kappa shape index (κ2) is 5.32. The maximum absolute atomic E-state index is 12.9. The quantitative estimate of drug-likeness (QED) is 0.908. The second-order valence-electron chi connectivity index (χ2n) is 4.44. The summed E-state index contributed by atoms with van der Waals surface area (Å²) in [6, 6.07) is 0. The van der Waals surface area contributed by atoms with Gasteiger partial charge >= 0.3 is 0 Å². The monoisotopic (exact) mass is 316 g/mol. The van der Waals surface area contributed by atoms with Gasteiger partial charge in [0, 0.05) is 38.3 Å². The molecule has 2 aromatic heterocycles. The molecule has 9 heteroatoms. The maximum Gasteiger partial charge on any atom is 0.262 e. The van der Waals surface area contributed by atoms with E-state index < -0.39 is 10.0 Å². The summed E-state index contributed by atoms with van der Waals surface area (Å²) in [4.78, 5) is 4.97. The molecular formula is C11H16N4O3S2. The molecule has 1 fully saturated rings. The number of nitrogens with one attached hydrogen (secondary N) is 1. The minimum absolute atomic E-state index is 0.207. The zero-order valence-electron chi connectivity index (χ0n) is 11.1. The molecule has 0 saturated carbocycles. The molecule has 1 saturated heterocycles. The summed E-state index contributed by atoms with van der Waals surface area (Å²) in [5, 5.41) is 4.90. The smallest absolute Gasteiger partial charge is 0.262 e. The van der Waals surface area contributed by atoms with Crippen LogP contribution in [-0.2, 0) is 14.8 Å². The Morgan fingerprint density at radius 1 is 1.40 bits per heavy atom. The molecule has 1 N–H and O–H groups in total.